The van der Waals surface area contributed by atoms with Crippen molar-refractivity contribution in [3.8, 4) is 5.75 Å². The predicted molar refractivity (Wildman–Crippen MR) is 87.6 cm³/mol. The van der Waals surface area contributed by atoms with Gasteiger partial charge in [-0.1, -0.05) is 36.4 Å². The van der Waals surface area contributed by atoms with E-state index in [0.717, 1.165) is 16.3 Å². The molecule has 22 heavy (non-hydrogen) atoms. The van der Waals surface area contributed by atoms with Crippen molar-refractivity contribution in [3.05, 3.63) is 71.8 Å². The van der Waals surface area contributed by atoms with Crippen LogP contribution in [0.3, 0.4) is 0 Å². The zero-order valence-corrected chi connectivity index (χ0v) is 11.9. The molecule has 0 saturated carbocycles. The normalized spacial score (nSPS) is 10.5. The molecule has 0 saturated heterocycles. The number of carbonyl (C=O) groups excluding carboxylic acids is 1. The molecule has 110 valence electrons. The lowest BCUT2D eigenvalue weighted by Crippen LogP contribution is -2.23. The van der Waals surface area contributed by atoms with E-state index < -0.39 is 0 Å². The molecule has 0 spiro atoms. The number of hydrogen-bond acceptors (Lipinski definition) is 3. The zero-order valence-electron chi connectivity index (χ0n) is 11.9. The van der Waals surface area contributed by atoms with Gasteiger partial charge in [0.05, 0.1) is 5.56 Å². The molecule has 3 aromatic carbocycles. The summed E-state index contributed by atoms with van der Waals surface area (Å²) in [5, 5.41) is 14.8. The molecular formula is C18H16N2O2. The van der Waals surface area contributed by atoms with E-state index in [1.807, 2.05) is 42.5 Å². The molecule has 0 aromatic heterocycles. The lowest BCUT2D eigenvalue weighted by molar-refractivity contribution is 0.0948. The topological polar surface area (TPSA) is 75.3 Å². The summed E-state index contributed by atoms with van der Waals surface area (Å²) in [5.74, 6) is -0.428. The number of nitrogens with two attached hydrogens (primary N) is 1. The SMILES string of the molecule is Nc1ccc(O)c(C(=O)NCc2ccc3ccccc3c2)c1. The fourth-order valence-electron chi connectivity index (χ4n) is 2.36. The fourth-order valence-corrected chi connectivity index (χ4v) is 2.36. The molecule has 3 aromatic rings. The minimum absolute atomic E-state index is 0.0785. The summed E-state index contributed by atoms with van der Waals surface area (Å²) in [4.78, 5) is 12.1. The summed E-state index contributed by atoms with van der Waals surface area (Å²) in [6.45, 7) is 0.387. The van der Waals surface area contributed by atoms with Gasteiger partial charge in [0.15, 0.2) is 0 Å². The molecule has 0 heterocycles. The smallest absolute Gasteiger partial charge is 0.255 e. The van der Waals surface area contributed by atoms with Gasteiger partial charge >= 0.3 is 0 Å². The predicted octanol–water partition coefficient (Wildman–Crippen LogP) is 3.06. The number of aromatic hydroxyl groups is 1. The summed E-state index contributed by atoms with van der Waals surface area (Å²) in [7, 11) is 0. The van der Waals surface area contributed by atoms with E-state index >= 15 is 0 Å². The Labute approximate surface area is 128 Å². The second kappa shape index (κ2) is 5.77. The monoisotopic (exact) mass is 292 g/mol. The number of anilines is 1. The van der Waals surface area contributed by atoms with E-state index in [0.29, 0.717) is 12.2 Å². The minimum Gasteiger partial charge on any atom is -0.507 e. The summed E-state index contributed by atoms with van der Waals surface area (Å²) in [6, 6.07) is 18.5. The molecule has 4 N–H and O–H groups in total. The summed E-state index contributed by atoms with van der Waals surface area (Å²) in [5.41, 5.74) is 7.26. The third kappa shape index (κ3) is 2.86. The van der Waals surface area contributed by atoms with E-state index in [1.54, 1.807) is 6.07 Å². The van der Waals surface area contributed by atoms with Crippen LogP contribution in [-0.4, -0.2) is 11.0 Å². The maximum atomic E-state index is 12.1. The van der Waals surface area contributed by atoms with E-state index in [-0.39, 0.29) is 17.2 Å². The quantitative estimate of drug-likeness (QED) is 0.513. The molecule has 0 aliphatic carbocycles. The molecule has 1 amide bonds. The Kier molecular flexibility index (Phi) is 3.66. The van der Waals surface area contributed by atoms with Gasteiger partial charge in [-0.2, -0.15) is 0 Å². The molecule has 0 fully saturated rings. The number of amides is 1. The molecule has 0 atom stereocenters. The number of carbonyl (C=O) groups is 1. The number of phenols is 1. The lowest BCUT2D eigenvalue weighted by atomic mass is 10.1. The first kappa shape index (κ1) is 13.9. The Morgan fingerprint density at radius 1 is 1.00 bits per heavy atom. The summed E-state index contributed by atoms with van der Waals surface area (Å²) < 4.78 is 0. The average Bonchev–Trinajstić information content (AvgIpc) is 2.54. The molecule has 0 aliphatic heterocycles. The Balaban J connectivity index is 1.75. The standard InChI is InChI=1S/C18H16N2O2/c19-15-7-8-17(21)16(10-15)18(22)20-11-12-5-6-13-3-1-2-4-14(13)9-12/h1-10,21H,11,19H2,(H,20,22). The second-order valence-corrected chi connectivity index (χ2v) is 5.14. The molecular weight excluding hydrogens is 276 g/mol. The number of fused-ring (bicyclic) bond motifs is 1. The molecule has 0 bridgehead atoms. The van der Waals surface area contributed by atoms with Crippen molar-refractivity contribution in [2.24, 2.45) is 0 Å². The van der Waals surface area contributed by atoms with Crippen molar-refractivity contribution in [1.29, 1.82) is 0 Å². The van der Waals surface area contributed by atoms with Gasteiger partial charge in [0.1, 0.15) is 5.75 Å². The van der Waals surface area contributed by atoms with Crippen LogP contribution in [0, 0.1) is 0 Å². The van der Waals surface area contributed by atoms with E-state index in [9.17, 15) is 9.90 Å². The molecule has 4 heteroatoms. The highest BCUT2D eigenvalue weighted by molar-refractivity contribution is 5.97. The maximum Gasteiger partial charge on any atom is 0.255 e. The highest BCUT2D eigenvalue weighted by Crippen LogP contribution is 2.20. The first-order valence-electron chi connectivity index (χ1n) is 6.98. The van der Waals surface area contributed by atoms with Gasteiger partial charge in [-0.3, -0.25) is 4.79 Å². The summed E-state index contributed by atoms with van der Waals surface area (Å²) in [6.07, 6.45) is 0. The minimum atomic E-state index is -0.349. The van der Waals surface area contributed by atoms with Crippen LogP contribution in [0.15, 0.2) is 60.7 Å². The van der Waals surface area contributed by atoms with Crippen molar-refractivity contribution in [3.63, 3.8) is 0 Å². The number of nitrogens with one attached hydrogen (secondary N) is 1. The first-order valence-corrected chi connectivity index (χ1v) is 6.98. The van der Waals surface area contributed by atoms with E-state index in [2.05, 4.69) is 5.32 Å². The van der Waals surface area contributed by atoms with Crippen LogP contribution in [-0.2, 0) is 6.54 Å². The molecule has 3 rings (SSSR count). The van der Waals surface area contributed by atoms with Crippen LogP contribution in [0.25, 0.3) is 10.8 Å². The Morgan fingerprint density at radius 3 is 2.59 bits per heavy atom. The van der Waals surface area contributed by atoms with Crippen LogP contribution in [0.5, 0.6) is 5.75 Å². The van der Waals surface area contributed by atoms with Crippen LogP contribution >= 0.6 is 0 Å². The van der Waals surface area contributed by atoms with E-state index in [4.69, 9.17) is 5.73 Å². The number of nitrogen functional groups attached to an aromatic ring is 1. The van der Waals surface area contributed by atoms with Gasteiger partial charge in [0.2, 0.25) is 0 Å². The van der Waals surface area contributed by atoms with Crippen LogP contribution in [0.4, 0.5) is 5.69 Å². The van der Waals surface area contributed by atoms with Crippen LogP contribution in [0.1, 0.15) is 15.9 Å². The molecule has 4 nitrogen and oxygen atoms in total. The Morgan fingerprint density at radius 2 is 1.77 bits per heavy atom. The Hall–Kier alpha value is -3.01. The van der Waals surface area contributed by atoms with Gasteiger partial charge in [0.25, 0.3) is 5.91 Å². The third-order valence-electron chi connectivity index (χ3n) is 3.53. The van der Waals surface area contributed by atoms with Crippen molar-refractivity contribution in [2.45, 2.75) is 6.54 Å². The van der Waals surface area contributed by atoms with Crippen LogP contribution < -0.4 is 11.1 Å². The highest BCUT2D eigenvalue weighted by atomic mass is 16.3. The number of phenolic OH excluding ortho intramolecular Hbond substituents is 1. The largest absolute Gasteiger partial charge is 0.507 e. The molecule has 0 unspecified atom stereocenters. The zero-order chi connectivity index (χ0) is 15.5. The fraction of sp³-hybridized carbons (Fsp3) is 0.0556. The van der Waals surface area contributed by atoms with Gasteiger partial charge in [-0.05, 0) is 40.6 Å². The first-order chi connectivity index (χ1) is 10.6. The van der Waals surface area contributed by atoms with Gasteiger partial charge in [-0.15, -0.1) is 0 Å². The molecule has 0 aliphatic rings. The van der Waals surface area contributed by atoms with Gasteiger partial charge in [-0.25, -0.2) is 0 Å². The van der Waals surface area contributed by atoms with Gasteiger partial charge in [0, 0.05) is 12.2 Å². The van der Waals surface area contributed by atoms with Crippen molar-refractivity contribution < 1.29 is 9.90 Å². The van der Waals surface area contributed by atoms with Gasteiger partial charge < -0.3 is 16.2 Å². The number of benzene rings is 3. The average molecular weight is 292 g/mol. The summed E-state index contributed by atoms with van der Waals surface area (Å²) >= 11 is 0. The second-order valence-electron chi connectivity index (χ2n) is 5.14. The lowest BCUT2D eigenvalue weighted by Gasteiger charge is -2.08. The molecule has 0 radical (unpaired) electrons. The third-order valence-corrected chi connectivity index (χ3v) is 3.53. The van der Waals surface area contributed by atoms with Crippen molar-refractivity contribution in [1.82, 2.24) is 5.32 Å². The maximum absolute atomic E-state index is 12.1. The Bertz CT molecular complexity index is 843. The highest BCUT2D eigenvalue weighted by Gasteiger charge is 2.11. The van der Waals surface area contributed by atoms with Crippen molar-refractivity contribution >= 4 is 22.4 Å². The number of hydrogen-bond donors (Lipinski definition) is 3. The van der Waals surface area contributed by atoms with Crippen molar-refractivity contribution in [2.75, 3.05) is 5.73 Å². The number of rotatable bonds is 3. The van der Waals surface area contributed by atoms with Crippen LogP contribution in [0.2, 0.25) is 0 Å². The van der Waals surface area contributed by atoms with E-state index in [1.165, 1.54) is 12.1 Å².